The number of nitrogens with one attached hydrogen (secondary N) is 1. The summed E-state index contributed by atoms with van der Waals surface area (Å²) in [5.74, 6) is 0. The molecule has 0 aromatic heterocycles. The SMILES string of the molecule is CCCNC1(C#N)CCC(N2CCC(C)(C)C2)C1. The Morgan fingerprint density at radius 2 is 2.17 bits per heavy atom. The molecule has 2 rings (SSSR count). The first-order valence-electron chi connectivity index (χ1n) is 7.41. The van der Waals surface area contributed by atoms with Crippen molar-refractivity contribution >= 4 is 0 Å². The van der Waals surface area contributed by atoms with Crippen molar-refractivity contribution in [3.63, 3.8) is 0 Å². The molecule has 2 unspecified atom stereocenters. The summed E-state index contributed by atoms with van der Waals surface area (Å²) in [6, 6.07) is 3.17. The molecule has 0 amide bonds. The Kier molecular flexibility index (Phi) is 3.99. The first-order chi connectivity index (χ1) is 8.50. The van der Waals surface area contributed by atoms with Crippen LogP contribution in [0.4, 0.5) is 0 Å². The quantitative estimate of drug-likeness (QED) is 0.832. The van der Waals surface area contributed by atoms with Gasteiger partial charge in [0.25, 0.3) is 0 Å². The number of hydrogen-bond acceptors (Lipinski definition) is 3. The zero-order valence-corrected chi connectivity index (χ0v) is 12.1. The van der Waals surface area contributed by atoms with Gasteiger partial charge in [-0.1, -0.05) is 20.8 Å². The minimum atomic E-state index is -0.243. The van der Waals surface area contributed by atoms with Crippen LogP contribution < -0.4 is 5.32 Å². The molecule has 3 heteroatoms. The smallest absolute Gasteiger partial charge is 0.108 e. The third-order valence-electron chi connectivity index (χ3n) is 4.64. The maximum atomic E-state index is 9.48. The van der Waals surface area contributed by atoms with Crippen LogP contribution in [0.3, 0.4) is 0 Å². The molecule has 0 aromatic rings. The first kappa shape index (κ1) is 13.8. The fourth-order valence-corrected chi connectivity index (χ4v) is 3.46. The molecule has 0 bridgehead atoms. The van der Waals surface area contributed by atoms with E-state index in [1.165, 1.54) is 25.9 Å². The Bertz CT molecular complexity index is 331. The second kappa shape index (κ2) is 5.19. The van der Waals surface area contributed by atoms with Crippen LogP contribution in [0, 0.1) is 16.7 Å². The lowest BCUT2D eigenvalue weighted by Crippen LogP contribution is -2.44. The second-order valence-corrected chi connectivity index (χ2v) is 6.90. The lowest BCUT2D eigenvalue weighted by Gasteiger charge is -2.28. The highest BCUT2D eigenvalue weighted by molar-refractivity contribution is 5.13. The molecule has 102 valence electrons. The van der Waals surface area contributed by atoms with E-state index in [9.17, 15) is 5.26 Å². The number of rotatable bonds is 4. The summed E-state index contributed by atoms with van der Waals surface area (Å²) in [7, 11) is 0. The lowest BCUT2D eigenvalue weighted by atomic mass is 9.93. The highest BCUT2D eigenvalue weighted by Gasteiger charge is 2.43. The molecule has 3 nitrogen and oxygen atoms in total. The highest BCUT2D eigenvalue weighted by Crippen LogP contribution is 2.38. The van der Waals surface area contributed by atoms with E-state index < -0.39 is 0 Å². The van der Waals surface area contributed by atoms with Gasteiger partial charge in [-0.15, -0.1) is 0 Å². The molecule has 2 fully saturated rings. The van der Waals surface area contributed by atoms with Gasteiger partial charge in [-0.25, -0.2) is 0 Å². The zero-order chi connectivity index (χ0) is 13.2. The Morgan fingerprint density at radius 3 is 2.72 bits per heavy atom. The third kappa shape index (κ3) is 2.87. The van der Waals surface area contributed by atoms with Crippen LogP contribution in [0.2, 0.25) is 0 Å². The molecule has 1 N–H and O–H groups in total. The van der Waals surface area contributed by atoms with Crippen LogP contribution in [0.1, 0.15) is 52.9 Å². The Labute approximate surface area is 112 Å². The Hall–Kier alpha value is -0.590. The van der Waals surface area contributed by atoms with Crippen molar-refractivity contribution < 1.29 is 0 Å². The van der Waals surface area contributed by atoms with E-state index in [-0.39, 0.29) is 5.54 Å². The summed E-state index contributed by atoms with van der Waals surface area (Å²) < 4.78 is 0. The summed E-state index contributed by atoms with van der Waals surface area (Å²) >= 11 is 0. The van der Waals surface area contributed by atoms with Crippen molar-refractivity contribution in [2.75, 3.05) is 19.6 Å². The van der Waals surface area contributed by atoms with Gasteiger partial charge in [0.2, 0.25) is 0 Å². The maximum absolute atomic E-state index is 9.48. The van der Waals surface area contributed by atoms with Crippen LogP contribution in [-0.4, -0.2) is 36.1 Å². The number of nitrogens with zero attached hydrogens (tertiary/aromatic N) is 2. The molecule has 0 radical (unpaired) electrons. The second-order valence-electron chi connectivity index (χ2n) is 6.90. The minimum Gasteiger partial charge on any atom is -0.300 e. The van der Waals surface area contributed by atoms with Crippen molar-refractivity contribution in [2.45, 2.75) is 64.5 Å². The Balaban J connectivity index is 1.93. The monoisotopic (exact) mass is 249 g/mol. The zero-order valence-electron chi connectivity index (χ0n) is 12.1. The van der Waals surface area contributed by atoms with Gasteiger partial charge in [0.15, 0.2) is 0 Å². The van der Waals surface area contributed by atoms with Gasteiger partial charge in [0, 0.05) is 12.6 Å². The van der Waals surface area contributed by atoms with Crippen molar-refractivity contribution in [2.24, 2.45) is 5.41 Å². The predicted molar refractivity (Wildman–Crippen MR) is 74.2 cm³/mol. The largest absolute Gasteiger partial charge is 0.300 e. The van der Waals surface area contributed by atoms with Crippen LogP contribution in [0.15, 0.2) is 0 Å². The summed E-state index contributed by atoms with van der Waals surface area (Å²) in [5, 5.41) is 13.0. The van der Waals surface area contributed by atoms with Gasteiger partial charge in [0.05, 0.1) is 6.07 Å². The standard InChI is InChI=1S/C15H27N3/c1-4-8-17-15(11-16)6-5-13(10-15)18-9-7-14(2,3)12-18/h13,17H,4-10,12H2,1-3H3. The van der Waals surface area contributed by atoms with E-state index in [2.05, 4.69) is 37.1 Å². The molecule has 1 saturated heterocycles. The van der Waals surface area contributed by atoms with E-state index in [4.69, 9.17) is 0 Å². The maximum Gasteiger partial charge on any atom is 0.108 e. The summed E-state index contributed by atoms with van der Waals surface area (Å²) in [6.45, 7) is 10.3. The minimum absolute atomic E-state index is 0.243. The molecule has 1 heterocycles. The van der Waals surface area contributed by atoms with Crippen molar-refractivity contribution in [1.29, 1.82) is 5.26 Å². The van der Waals surface area contributed by atoms with Gasteiger partial charge in [0.1, 0.15) is 5.54 Å². The molecular formula is C15H27N3. The van der Waals surface area contributed by atoms with Crippen molar-refractivity contribution in [3.05, 3.63) is 0 Å². The van der Waals surface area contributed by atoms with Gasteiger partial charge in [-0.3, -0.25) is 10.2 Å². The normalized spacial score (nSPS) is 35.8. The molecule has 2 aliphatic rings. The molecular weight excluding hydrogens is 222 g/mol. The van der Waals surface area contributed by atoms with Crippen LogP contribution in [-0.2, 0) is 0 Å². The van der Waals surface area contributed by atoms with Crippen LogP contribution in [0.25, 0.3) is 0 Å². The van der Waals surface area contributed by atoms with Gasteiger partial charge in [-0.05, 0) is 50.6 Å². The molecule has 0 spiro atoms. The summed E-state index contributed by atoms with van der Waals surface area (Å²) in [4.78, 5) is 2.62. The van der Waals surface area contributed by atoms with Gasteiger partial charge < -0.3 is 0 Å². The van der Waals surface area contributed by atoms with E-state index >= 15 is 0 Å². The average Bonchev–Trinajstić information content (AvgIpc) is 2.91. The first-order valence-corrected chi connectivity index (χ1v) is 7.41. The number of likely N-dealkylation sites (tertiary alicyclic amines) is 1. The number of nitriles is 1. The van der Waals surface area contributed by atoms with E-state index in [1.54, 1.807) is 0 Å². The molecule has 0 aromatic carbocycles. The molecule has 18 heavy (non-hydrogen) atoms. The van der Waals surface area contributed by atoms with Crippen molar-refractivity contribution in [3.8, 4) is 6.07 Å². The van der Waals surface area contributed by atoms with E-state index in [0.717, 1.165) is 25.8 Å². The summed E-state index contributed by atoms with van der Waals surface area (Å²) in [6.07, 6.45) is 5.61. The topological polar surface area (TPSA) is 39.1 Å². The Morgan fingerprint density at radius 1 is 1.39 bits per heavy atom. The van der Waals surface area contributed by atoms with Gasteiger partial charge in [-0.2, -0.15) is 5.26 Å². The number of hydrogen-bond donors (Lipinski definition) is 1. The van der Waals surface area contributed by atoms with E-state index in [0.29, 0.717) is 11.5 Å². The fourth-order valence-electron chi connectivity index (χ4n) is 3.46. The molecule has 1 saturated carbocycles. The van der Waals surface area contributed by atoms with Crippen molar-refractivity contribution in [1.82, 2.24) is 10.2 Å². The fraction of sp³-hybridized carbons (Fsp3) is 0.933. The third-order valence-corrected chi connectivity index (χ3v) is 4.64. The summed E-state index contributed by atoms with van der Waals surface area (Å²) in [5.41, 5.74) is 0.224. The van der Waals surface area contributed by atoms with E-state index in [1.807, 2.05) is 0 Å². The van der Waals surface area contributed by atoms with Crippen LogP contribution >= 0.6 is 0 Å². The average molecular weight is 249 g/mol. The lowest BCUT2D eigenvalue weighted by molar-refractivity contribution is 0.212. The highest BCUT2D eigenvalue weighted by atomic mass is 15.2. The molecule has 2 atom stereocenters. The van der Waals surface area contributed by atoms with Crippen LogP contribution in [0.5, 0.6) is 0 Å². The van der Waals surface area contributed by atoms with Gasteiger partial charge >= 0.3 is 0 Å². The predicted octanol–water partition coefficient (Wildman–Crippen LogP) is 2.53. The molecule has 1 aliphatic heterocycles. The molecule has 1 aliphatic carbocycles.